The van der Waals surface area contributed by atoms with Crippen LogP contribution in [0.3, 0.4) is 0 Å². The third-order valence-electron chi connectivity index (χ3n) is 0.455. The van der Waals surface area contributed by atoms with Gasteiger partial charge in [0.05, 0.1) is 0 Å². The van der Waals surface area contributed by atoms with Crippen LogP contribution in [0.2, 0.25) is 0 Å². The smallest absolute Gasteiger partial charge is 0.0279 e. The summed E-state index contributed by atoms with van der Waals surface area (Å²) in [4.78, 5) is 0. The highest BCUT2D eigenvalue weighted by Crippen LogP contribution is 1.77. The molecule has 0 saturated carbocycles. The standard InChI is InChI=1S/C4H11N/c1-3-4(2)5/h4H,3,5H2,1-2H3/i3D2. The predicted molar refractivity (Wildman–Crippen MR) is 23.9 cm³/mol. The first-order valence-corrected chi connectivity index (χ1v) is 1.70. The van der Waals surface area contributed by atoms with Crippen LogP contribution in [0.25, 0.3) is 0 Å². The van der Waals surface area contributed by atoms with E-state index in [1.807, 2.05) is 0 Å². The van der Waals surface area contributed by atoms with Gasteiger partial charge in [0, 0.05) is 8.78 Å². The Morgan fingerprint density at radius 3 is 2.40 bits per heavy atom. The Bertz CT molecular complexity index is 55.2. The Morgan fingerprint density at radius 1 is 2.20 bits per heavy atom. The minimum Gasteiger partial charge on any atom is -0.328 e. The van der Waals surface area contributed by atoms with E-state index in [9.17, 15) is 0 Å². The first kappa shape index (κ1) is 2.19. The van der Waals surface area contributed by atoms with Crippen molar-refractivity contribution in [2.24, 2.45) is 5.73 Å². The average Bonchev–Trinajstić information content (AvgIpc) is 1.31. The summed E-state index contributed by atoms with van der Waals surface area (Å²) in [7, 11) is 0. The molecule has 0 fully saturated rings. The molecule has 5 heavy (non-hydrogen) atoms. The molecule has 0 aromatic rings. The van der Waals surface area contributed by atoms with E-state index in [0.29, 0.717) is 0 Å². The Hall–Kier alpha value is -0.0400. The molecule has 1 unspecified atom stereocenters. The highest BCUT2D eigenvalue weighted by Gasteiger charge is 1.79. The summed E-state index contributed by atoms with van der Waals surface area (Å²) in [5.74, 6) is 0. The van der Waals surface area contributed by atoms with Crippen LogP contribution in [0, 0.1) is 0 Å². The molecule has 0 aromatic heterocycles. The van der Waals surface area contributed by atoms with Crippen LogP contribution in [0.5, 0.6) is 0 Å². The molecule has 0 aliphatic rings. The van der Waals surface area contributed by atoms with Crippen molar-refractivity contribution >= 4 is 0 Å². The normalized spacial score (nSPS) is 23.8. The lowest BCUT2D eigenvalue weighted by Crippen LogP contribution is -2.11. The highest BCUT2D eigenvalue weighted by molar-refractivity contribution is 4.43. The van der Waals surface area contributed by atoms with Crippen molar-refractivity contribution < 1.29 is 2.74 Å². The second-order valence-corrected chi connectivity index (χ2v) is 1.08. The molecule has 1 atom stereocenters. The van der Waals surface area contributed by atoms with Crippen molar-refractivity contribution in [1.82, 2.24) is 0 Å². The van der Waals surface area contributed by atoms with Crippen molar-refractivity contribution in [1.29, 1.82) is 0 Å². The molecule has 0 spiro atoms. The fraction of sp³-hybridized carbons (Fsp3) is 1.00. The fourth-order valence-electron chi connectivity index (χ4n) is 0. The summed E-state index contributed by atoms with van der Waals surface area (Å²) in [5.41, 5.74) is 5.19. The molecule has 0 heterocycles. The number of hydrogen-bond donors (Lipinski definition) is 1. The molecule has 32 valence electrons. The molecule has 0 rings (SSSR count). The van der Waals surface area contributed by atoms with Gasteiger partial charge in [0.15, 0.2) is 0 Å². The van der Waals surface area contributed by atoms with Gasteiger partial charge in [-0.1, -0.05) is 6.92 Å². The zero-order valence-corrected chi connectivity index (χ0v) is 3.65. The predicted octanol–water partition coefficient (Wildman–Crippen LogP) is 0.744. The van der Waals surface area contributed by atoms with Crippen LogP contribution >= 0.6 is 0 Å². The topological polar surface area (TPSA) is 26.0 Å². The lowest BCUT2D eigenvalue weighted by Gasteiger charge is -1.91. The number of rotatable bonds is 1. The summed E-state index contributed by atoms with van der Waals surface area (Å²) in [6.45, 7) is 3.12. The molecule has 0 radical (unpaired) electrons. The van der Waals surface area contributed by atoms with E-state index in [2.05, 4.69) is 0 Å². The second kappa shape index (κ2) is 2.21. The van der Waals surface area contributed by atoms with Crippen LogP contribution < -0.4 is 5.73 Å². The summed E-state index contributed by atoms with van der Waals surface area (Å²) >= 11 is 0. The SMILES string of the molecule is [2H]C([2H])(C)C(C)N. The minimum absolute atomic E-state index is 0.368. The van der Waals surface area contributed by atoms with Gasteiger partial charge in [-0.25, -0.2) is 0 Å². The molecule has 0 aliphatic carbocycles. The fourth-order valence-corrected chi connectivity index (χ4v) is 0. The second-order valence-electron chi connectivity index (χ2n) is 1.08. The molecule has 1 heteroatoms. The van der Waals surface area contributed by atoms with Gasteiger partial charge in [0.2, 0.25) is 0 Å². The van der Waals surface area contributed by atoms with Gasteiger partial charge in [-0.15, -0.1) is 0 Å². The van der Waals surface area contributed by atoms with Gasteiger partial charge in [0.25, 0.3) is 0 Å². The molecule has 0 bridgehead atoms. The summed E-state index contributed by atoms with van der Waals surface area (Å²) in [6.07, 6.45) is -1.22. The van der Waals surface area contributed by atoms with Gasteiger partial charge in [-0.3, -0.25) is 0 Å². The van der Waals surface area contributed by atoms with Crippen molar-refractivity contribution in [3.05, 3.63) is 0 Å². The van der Waals surface area contributed by atoms with E-state index in [-0.39, 0.29) is 6.04 Å². The molecule has 0 aromatic carbocycles. The van der Waals surface area contributed by atoms with E-state index in [1.165, 1.54) is 6.92 Å². The quantitative estimate of drug-likeness (QED) is 0.489. The first-order chi connectivity index (χ1) is 2.94. The maximum Gasteiger partial charge on any atom is 0.0279 e. The Labute approximate surface area is 36.0 Å². The van der Waals surface area contributed by atoms with Gasteiger partial charge in [0.1, 0.15) is 0 Å². The molecule has 0 saturated heterocycles. The van der Waals surface area contributed by atoms with Crippen molar-refractivity contribution in [3.8, 4) is 0 Å². The molecule has 2 N–H and O–H groups in total. The highest BCUT2D eigenvalue weighted by atomic mass is 14.6. The summed E-state index contributed by atoms with van der Waals surface area (Å²) < 4.78 is 13.9. The van der Waals surface area contributed by atoms with Gasteiger partial charge in [-0.2, -0.15) is 0 Å². The lowest BCUT2D eigenvalue weighted by molar-refractivity contribution is 0.715. The maximum absolute atomic E-state index is 6.93. The van der Waals surface area contributed by atoms with Crippen molar-refractivity contribution in [2.45, 2.75) is 26.3 Å². The summed E-state index contributed by atoms with van der Waals surface area (Å²) in [5, 5.41) is 0. The maximum atomic E-state index is 6.93. The van der Waals surface area contributed by atoms with E-state index >= 15 is 0 Å². The Kier molecular flexibility index (Phi) is 0.969. The Balaban J connectivity index is 3.54. The Morgan fingerprint density at radius 2 is 2.40 bits per heavy atom. The van der Waals surface area contributed by atoms with Crippen LogP contribution in [0.15, 0.2) is 0 Å². The lowest BCUT2D eigenvalue weighted by atomic mass is 10.3. The van der Waals surface area contributed by atoms with Gasteiger partial charge < -0.3 is 5.73 Å². The zero-order chi connectivity index (χ0) is 6.08. The van der Waals surface area contributed by atoms with Crippen LogP contribution in [-0.2, 0) is 0 Å². The molecule has 0 amide bonds. The van der Waals surface area contributed by atoms with E-state index in [1.54, 1.807) is 6.92 Å². The molecule has 1 nitrogen and oxygen atoms in total. The van der Waals surface area contributed by atoms with Crippen LogP contribution in [0.1, 0.15) is 23.0 Å². The zero-order valence-electron chi connectivity index (χ0n) is 5.65. The summed E-state index contributed by atoms with van der Waals surface area (Å²) in [6, 6.07) is -0.368. The molecule has 0 aliphatic heterocycles. The molecular formula is C4H11N. The van der Waals surface area contributed by atoms with Crippen molar-refractivity contribution in [3.63, 3.8) is 0 Å². The van der Waals surface area contributed by atoms with Crippen LogP contribution in [-0.4, -0.2) is 6.04 Å². The first-order valence-electron chi connectivity index (χ1n) is 2.70. The third-order valence-corrected chi connectivity index (χ3v) is 0.455. The third kappa shape index (κ3) is 3.96. The van der Waals surface area contributed by atoms with E-state index in [4.69, 9.17) is 8.48 Å². The van der Waals surface area contributed by atoms with E-state index in [0.717, 1.165) is 0 Å². The van der Waals surface area contributed by atoms with E-state index < -0.39 is 6.37 Å². The monoisotopic (exact) mass is 75.1 g/mol. The van der Waals surface area contributed by atoms with Gasteiger partial charge in [-0.05, 0) is 13.3 Å². The average molecular weight is 75.2 g/mol. The van der Waals surface area contributed by atoms with Crippen LogP contribution in [0.4, 0.5) is 0 Å². The van der Waals surface area contributed by atoms with Gasteiger partial charge >= 0.3 is 0 Å². The molecular weight excluding hydrogens is 62.1 g/mol. The number of nitrogens with two attached hydrogens (primary N) is 1. The minimum atomic E-state index is -1.22. The largest absolute Gasteiger partial charge is 0.328 e. The van der Waals surface area contributed by atoms with Crippen molar-refractivity contribution in [2.75, 3.05) is 0 Å². The number of hydrogen-bond acceptors (Lipinski definition) is 1.